The molecule has 1 aromatic rings. The number of likely N-dealkylation sites (N-methyl/N-ethyl adjacent to an activating group) is 2. The Morgan fingerprint density at radius 3 is 3.00 bits per heavy atom. The summed E-state index contributed by atoms with van der Waals surface area (Å²) < 4.78 is 0.883. The van der Waals surface area contributed by atoms with Gasteiger partial charge in [0.2, 0.25) is 0 Å². The van der Waals surface area contributed by atoms with E-state index in [1.54, 1.807) is 11.3 Å². The Kier molecular flexibility index (Phi) is 5.18. The van der Waals surface area contributed by atoms with Crippen LogP contribution in [-0.4, -0.2) is 42.6 Å². The lowest BCUT2D eigenvalue weighted by Gasteiger charge is -2.37. The number of halogens is 1. The Morgan fingerprint density at radius 1 is 1.59 bits per heavy atom. The Labute approximate surface area is 117 Å². The molecular weight excluding hydrogens is 272 g/mol. The van der Waals surface area contributed by atoms with Gasteiger partial charge >= 0.3 is 0 Å². The minimum absolute atomic E-state index is 0.412. The maximum absolute atomic E-state index is 6.05. The number of hydrogen-bond acceptors (Lipinski definition) is 4. The first-order valence-electron chi connectivity index (χ1n) is 5.99. The van der Waals surface area contributed by atoms with Gasteiger partial charge in [-0.1, -0.05) is 18.5 Å². The highest BCUT2D eigenvalue weighted by molar-refractivity contribution is 7.99. The van der Waals surface area contributed by atoms with E-state index in [-0.39, 0.29) is 0 Å². The van der Waals surface area contributed by atoms with Crippen molar-refractivity contribution < 1.29 is 0 Å². The molecule has 17 heavy (non-hydrogen) atoms. The van der Waals surface area contributed by atoms with Crippen molar-refractivity contribution in [2.45, 2.75) is 19.0 Å². The van der Waals surface area contributed by atoms with Crippen LogP contribution in [0.5, 0.6) is 0 Å². The predicted octanol–water partition coefficient (Wildman–Crippen LogP) is 3.10. The van der Waals surface area contributed by atoms with Gasteiger partial charge in [-0.2, -0.15) is 11.8 Å². The first kappa shape index (κ1) is 13.7. The van der Waals surface area contributed by atoms with Crippen molar-refractivity contribution in [2.75, 3.05) is 31.6 Å². The zero-order chi connectivity index (χ0) is 12.3. The van der Waals surface area contributed by atoms with E-state index in [9.17, 15) is 0 Å². The van der Waals surface area contributed by atoms with Gasteiger partial charge < -0.3 is 5.32 Å². The summed E-state index contributed by atoms with van der Waals surface area (Å²) >= 11 is 9.80. The van der Waals surface area contributed by atoms with Gasteiger partial charge in [0, 0.05) is 29.0 Å². The van der Waals surface area contributed by atoms with Crippen molar-refractivity contribution in [2.24, 2.45) is 0 Å². The van der Waals surface area contributed by atoms with E-state index >= 15 is 0 Å². The van der Waals surface area contributed by atoms with Crippen LogP contribution in [0.4, 0.5) is 0 Å². The van der Waals surface area contributed by atoms with Crippen LogP contribution < -0.4 is 5.32 Å². The summed E-state index contributed by atoms with van der Waals surface area (Å²) in [6, 6.07) is 5.15. The quantitative estimate of drug-likeness (QED) is 0.917. The molecule has 1 aromatic heterocycles. The Morgan fingerprint density at radius 2 is 2.41 bits per heavy atom. The summed E-state index contributed by atoms with van der Waals surface area (Å²) in [4.78, 5) is 3.83. The van der Waals surface area contributed by atoms with Crippen LogP contribution in [0.2, 0.25) is 4.34 Å². The molecule has 0 spiro atoms. The van der Waals surface area contributed by atoms with Gasteiger partial charge in [-0.25, -0.2) is 0 Å². The van der Waals surface area contributed by atoms with E-state index in [0.29, 0.717) is 12.1 Å². The molecule has 1 aliphatic heterocycles. The number of thiophene rings is 1. The van der Waals surface area contributed by atoms with Gasteiger partial charge in [0.05, 0.1) is 10.4 Å². The van der Waals surface area contributed by atoms with Crippen molar-refractivity contribution >= 4 is 34.7 Å². The molecule has 1 fully saturated rings. The smallest absolute Gasteiger partial charge is 0.0931 e. The first-order valence-corrected chi connectivity index (χ1v) is 8.34. The van der Waals surface area contributed by atoms with Gasteiger partial charge in [-0.15, -0.1) is 11.3 Å². The highest BCUT2D eigenvalue weighted by atomic mass is 35.5. The largest absolute Gasteiger partial charge is 0.308 e. The fraction of sp³-hybridized carbons (Fsp3) is 0.667. The third-order valence-corrected chi connectivity index (χ3v) is 5.52. The molecule has 1 aliphatic rings. The van der Waals surface area contributed by atoms with Crippen molar-refractivity contribution in [1.29, 1.82) is 0 Å². The van der Waals surface area contributed by atoms with Crippen molar-refractivity contribution in [3.8, 4) is 0 Å². The summed E-state index contributed by atoms with van der Waals surface area (Å²) in [7, 11) is 2.23. The Hall–Kier alpha value is 0.260. The normalized spacial score (nSPS) is 23.8. The average molecular weight is 291 g/mol. The van der Waals surface area contributed by atoms with Crippen LogP contribution in [-0.2, 0) is 0 Å². The van der Waals surface area contributed by atoms with E-state index in [2.05, 4.69) is 42.0 Å². The van der Waals surface area contributed by atoms with Gasteiger partial charge in [0.15, 0.2) is 0 Å². The lowest BCUT2D eigenvalue weighted by atomic mass is 10.1. The third-order valence-electron chi connectivity index (χ3n) is 3.15. The summed E-state index contributed by atoms with van der Waals surface area (Å²) in [5, 5.41) is 3.61. The average Bonchev–Trinajstić information content (AvgIpc) is 2.74. The van der Waals surface area contributed by atoms with E-state index < -0.39 is 0 Å². The summed E-state index contributed by atoms with van der Waals surface area (Å²) in [5.74, 6) is 2.45. The molecular formula is C12H19ClN2S2. The van der Waals surface area contributed by atoms with Gasteiger partial charge in [0.25, 0.3) is 0 Å². The zero-order valence-electron chi connectivity index (χ0n) is 10.3. The number of rotatable bonds is 4. The second-order valence-electron chi connectivity index (χ2n) is 4.30. The van der Waals surface area contributed by atoms with Gasteiger partial charge in [-0.05, 0) is 25.7 Å². The molecule has 0 saturated carbocycles. The maximum Gasteiger partial charge on any atom is 0.0931 e. The molecule has 0 bridgehead atoms. The molecule has 0 aliphatic carbocycles. The minimum Gasteiger partial charge on any atom is -0.308 e. The number of hydrogen-bond donors (Lipinski definition) is 1. The molecule has 2 nitrogen and oxygen atoms in total. The zero-order valence-corrected chi connectivity index (χ0v) is 12.7. The van der Waals surface area contributed by atoms with E-state index in [4.69, 9.17) is 11.6 Å². The monoisotopic (exact) mass is 290 g/mol. The predicted molar refractivity (Wildman–Crippen MR) is 79.5 cm³/mol. The molecule has 1 saturated heterocycles. The topological polar surface area (TPSA) is 15.3 Å². The van der Waals surface area contributed by atoms with Crippen LogP contribution in [0.1, 0.15) is 17.8 Å². The molecule has 0 aromatic carbocycles. The van der Waals surface area contributed by atoms with E-state index in [1.165, 1.54) is 22.9 Å². The maximum atomic E-state index is 6.05. The standard InChI is InChI=1S/C12H19ClN2S2/c1-3-14-12(10-4-5-11(13)17-10)9-8-16-7-6-15(9)2/h4-5,9,12,14H,3,6-8H2,1-2H3. The summed E-state index contributed by atoms with van der Waals surface area (Å²) in [6.07, 6.45) is 0. The van der Waals surface area contributed by atoms with E-state index in [1.807, 2.05) is 6.07 Å². The first-order chi connectivity index (χ1) is 8.22. The molecule has 5 heteroatoms. The van der Waals surface area contributed by atoms with Gasteiger partial charge in [-0.3, -0.25) is 4.90 Å². The number of nitrogens with one attached hydrogen (secondary N) is 1. The lowest BCUT2D eigenvalue weighted by Crippen LogP contribution is -2.47. The fourth-order valence-corrected chi connectivity index (χ4v) is 4.67. The number of thioether (sulfide) groups is 1. The molecule has 1 N–H and O–H groups in total. The van der Waals surface area contributed by atoms with Crippen LogP contribution in [0.15, 0.2) is 12.1 Å². The molecule has 2 atom stereocenters. The second-order valence-corrected chi connectivity index (χ2v) is 7.20. The molecule has 2 unspecified atom stereocenters. The van der Waals surface area contributed by atoms with Gasteiger partial charge in [0.1, 0.15) is 0 Å². The summed E-state index contributed by atoms with van der Waals surface area (Å²) in [5.41, 5.74) is 0. The molecule has 96 valence electrons. The molecule has 2 rings (SSSR count). The van der Waals surface area contributed by atoms with Crippen LogP contribution in [0.3, 0.4) is 0 Å². The molecule has 2 heterocycles. The number of nitrogens with zero attached hydrogens (tertiary/aromatic N) is 1. The SMILES string of the molecule is CCNC(c1ccc(Cl)s1)C1CSCCN1C. The highest BCUT2D eigenvalue weighted by Gasteiger charge is 2.29. The summed E-state index contributed by atoms with van der Waals surface area (Å²) in [6.45, 7) is 4.34. The van der Waals surface area contributed by atoms with Crippen LogP contribution in [0.25, 0.3) is 0 Å². The van der Waals surface area contributed by atoms with Crippen molar-refractivity contribution in [3.05, 3.63) is 21.3 Å². The van der Waals surface area contributed by atoms with Crippen LogP contribution in [0, 0.1) is 0 Å². The Balaban J connectivity index is 2.15. The van der Waals surface area contributed by atoms with E-state index in [0.717, 1.165) is 10.9 Å². The van der Waals surface area contributed by atoms with Crippen molar-refractivity contribution in [1.82, 2.24) is 10.2 Å². The second kappa shape index (κ2) is 6.43. The Bertz CT molecular complexity index is 356. The minimum atomic E-state index is 0.412. The molecule has 0 radical (unpaired) electrons. The van der Waals surface area contributed by atoms with Crippen LogP contribution >= 0.6 is 34.7 Å². The highest BCUT2D eigenvalue weighted by Crippen LogP contribution is 2.32. The van der Waals surface area contributed by atoms with Crippen molar-refractivity contribution in [3.63, 3.8) is 0 Å². The molecule has 0 amide bonds. The third kappa shape index (κ3) is 3.38. The lowest BCUT2D eigenvalue weighted by molar-refractivity contribution is 0.219. The fourth-order valence-electron chi connectivity index (χ4n) is 2.20.